The summed E-state index contributed by atoms with van der Waals surface area (Å²) in [6, 6.07) is 0. The minimum Gasteiger partial charge on any atom is -0.468 e. The number of nitrogens with zero attached hydrogens (tertiary/aromatic N) is 2. The Morgan fingerprint density at radius 3 is 2.53 bits per heavy atom. The molecule has 0 aromatic carbocycles. The van der Waals surface area contributed by atoms with Crippen molar-refractivity contribution in [2.75, 3.05) is 18.5 Å². The van der Waals surface area contributed by atoms with Gasteiger partial charge in [-0.1, -0.05) is 0 Å². The van der Waals surface area contributed by atoms with Gasteiger partial charge in [-0.3, -0.25) is 0 Å². The molecule has 0 aliphatic heterocycles. The lowest BCUT2D eigenvalue weighted by Gasteiger charge is -2.14. The fourth-order valence-electron chi connectivity index (χ4n) is 1.67. The van der Waals surface area contributed by atoms with Crippen molar-refractivity contribution < 1.29 is 17.9 Å². The minimum absolute atomic E-state index is 0.0187. The number of hydrogen-bond donors (Lipinski definition) is 1. The van der Waals surface area contributed by atoms with Crippen LogP contribution >= 0.6 is 0 Å². The van der Waals surface area contributed by atoms with Crippen LogP contribution < -0.4 is 10.1 Å². The van der Waals surface area contributed by atoms with E-state index in [9.17, 15) is 13.2 Å². The molecule has 106 valence electrons. The second kappa shape index (κ2) is 5.22. The summed E-state index contributed by atoms with van der Waals surface area (Å²) >= 11 is 0. The topological polar surface area (TPSA) is 47.0 Å². The van der Waals surface area contributed by atoms with Gasteiger partial charge in [-0.05, 0) is 26.7 Å². The molecule has 1 aliphatic carbocycles. The standard InChI is InChI=1S/C12H16F3N3O/c1-3-16-9-7(2)11(19-6-12(13,14)15)18-10(17-9)8-4-5-8/h8H,3-6H2,1-2H3,(H,16,17,18). The van der Waals surface area contributed by atoms with Crippen molar-refractivity contribution in [2.24, 2.45) is 0 Å². The van der Waals surface area contributed by atoms with E-state index in [1.165, 1.54) is 0 Å². The van der Waals surface area contributed by atoms with E-state index in [4.69, 9.17) is 4.74 Å². The van der Waals surface area contributed by atoms with Crippen LogP contribution in [-0.4, -0.2) is 29.3 Å². The third kappa shape index (κ3) is 3.71. The quantitative estimate of drug-likeness (QED) is 0.897. The van der Waals surface area contributed by atoms with Crippen LogP contribution in [0.25, 0.3) is 0 Å². The van der Waals surface area contributed by atoms with E-state index in [0.29, 0.717) is 23.8 Å². The lowest BCUT2D eigenvalue weighted by atomic mass is 10.3. The molecule has 2 rings (SSSR count). The van der Waals surface area contributed by atoms with Crippen LogP contribution in [0.1, 0.15) is 37.1 Å². The van der Waals surface area contributed by atoms with Crippen molar-refractivity contribution in [2.45, 2.75) is 38.8 Å². The smallest absolute Gasteiger partial charge is 0.422 e. The van der Waals surface area contributed by atoms with E-state index < -0.39 is 12.8 Å². The summed E-state index contributed by atoms with van der Waals surface area (Å²) in [4.78, 5) is 8.45. The van der Waals surface area contributed by atoms with Crippen molar-refractivity contribution in [1.29, 1.82) is 0 Å². The lowest BCUT2D eigenvalue weighted by Crippen LogP contribution is -2.21. The van der Waals surface area contributed by atoms with Crippen molar-refractivity contribution >= 4 is 5.82 Å². The molecule has 1 aromatic heterocycles. The Morgan fingerprint density at radius 1 is 1.32 bits per heavy atom. The van der Waals surface area contributed by atoms with Gasteiger partial charge in [-0.2, -0.15) is 18.2 Å². The summed E-state index contributed by atoms with van der Waals surface area (Å²) in [5.41, 5.74) is 0.510. The third-order valence-electron chi connectivity index (χ3n) is 2.78. The predicted octanol–water partition coefficient (Wildman–Crippen LogP) is 3.04. The van der Waals surface area contributed by atoms with Gasteiger partial charge >= 0.3 is 6.18 Å². The molecule has 1 saturated carbocycles. The number of nitrogens with one attached hydrogen (secondary N) is 1. The zero-order valence-corrected chi connectivity index (χ0v) is 10.8. The maximum Gasteiger partial charge on any atom is 0.422 e. The molecule has 1 aliphatic rings. The summed E-state index contributed by atoms with van der Waals surface area (Å²) in [5.74, 6) is 1.40. The third-order valence-corrected chi connectivity index (χ3v) is 2.78. The van der Waals surface area contributed by atoms with Crippen LogP contribution in [0, 0.1) is 6.92 Å². The van der Waals surface area contributed by atoms with Gasteiger partial charge in [0, 0.05) is 12.5 Å². The van der Waals surface area contributed by atoms with Crippen LogP contribution in [0.15, 0.2) is 0 Å². The first-order valence-corrected chi connectivity index (χ1v) is 6.22. The molecule has 1 heterocycles. The molecule has 1 N–H and O–H groups in total. The van der Waals surface area contributed by atoms with Gasteiger partial charge in [0.05, 0.1) is 5.56 Å². The summed E-state index contributed by atoms with van der Waals surface area (Å²) < 4.78 is 41.4. The molecule has 0 bridgehead atoms. The molecular weight excluding hydrogens is 259 g/mol. The Bertz CT molecular complexity index is 458. The molecule has 0 unspecified atom stereocenters. The Hall–Kier alpha value is -1.53. The average molecular weight is 275 g/mol. The molecule has 0 atom stereocenters. The first-order chi connectivity index (χ1) is 8.90. The second-order valence-electron chi connectivity index (χ2n) is 4.57. The first-order valence-electron chi connectivity index (χ1n) is 6.22. The van der Waals surface area contributed by atoms with Crippen molar-refractivity contribution in [3.8, 4) is 5.88 Å². The van der Waals surface area contributed by atoms with Crippen LogP contribution in [0.4, 0.5) is 19.0 Å². The summed E-state index contributed by atoms with van der Waals surface area (Å²) in [7, 11) is 0. The Balaban J connectivity index is 2.24. The largest absolute Gasteiger partial charge is 0.468 e. The fraction of sp³-hybridized carbons (Fsp3) is 0.667. The maximum atomic E-state index is 12.2. The van der Waals surface area contributed by atoms with Crippen molar-refractivity contribution in [3.05, 3.63) is 11.4 Å². The number of aromatic nitrogens is 2. The van der Waals surface area contributed by atoms with Gasteiger partial charge < -0.3 is 10.1 Å². The van der Waals surface area contributed by atoms with E-state index >= 15 is 0 Å². The monoisotopic (exact) mass is 275 g/mol. The number of rotatable bonds is 5. The maximum absolute atomic E-state index is 12.2. The summed E-state index contributed by atoms with van der Waals surface area (Å²) in [6.45, 7) is 2.86. The van der Waals surface area contributed by atoms with Gasteiger partial charge in [-0.15, -0.1) is 0 Å². The van der Waals surface area contributed by atoms with E-state index in [2.05, 4.69) is 15.3 Å². The van der Waals surface area contributed by atoms with Gasteiger partial charge in [0.15, 0.2) is 6.61 Å². The molecule has 1 aromatic rings. The van der Waals surface area contributed by atoms with Crippen LogP contribution in [0.5, 0.6) is 5.88 Å². The molecule has 0 amide bonds. The molecular formula is C12H16F3N3O. The Labute approximate surface area is 109 Å². The van der Waals surface area contributed by atoms with Gasteiger partial charge in [0.25, 0.3) is 0 Å². The second-order valence-corrected chi connectivity index (χ2v) is 4.57. The van der Waals surface area contributed by atoms with E-state index in [1.54, 1.807) is 6.92 Å². The van der Waals surface area contributed by atoms with E-state index in [-0.39, 0.29) is 11.8 Å². The molecule has 0 saturated heterocycles. The highest BCUT2D eigenvalue weighted by Crippen LogP contribution is 2.40. The highest BCUT2D eigenvalue weighted by atomic mass is 19.4. The predicted molar refractivity (Wildman–Crippen MR) is 64.5 cm³/mol. The molecule has 0 spiro atoms. The average Bonchev–Trinajstić information content (AvgIpc) is 3.13. The molecule has 0 radical (unpaired) electrons. The lowest BCUT2D eigenvalue weighted by molar-refractivity contribution is -0.154. The van der Waals surface area contributed by atoms with E-state index in [1.807, 2.05) is 6.92 Å². The van der Waals surface area contributed by atoms with Crippen LogP contribution in [0.3, 0.4) is 0 Å². The highest BCUT2D eigenvalue weighted by molar-refractivity contribution is 5.49. The number of ether oxygens (including phenoxy) is 1. The van der Waals surface area contributed by atoms with Crippen LogP contribution in [0.2, 0.25) is 0 Å². The van der Waals surface area contributed by atoms with E-state index in [0.717, 1.165) is 12.8 Å². The Kier molecular flexibility index (Phi) is 3.82. The normalized spacial score (nSPS) is 15.4. The fourth-order valence-corrected chi connectivity index (χ4v) is 1.67. The number of halogens is 3. The summed E-state index contributed by atoms with van der Waals surface area (Å²) in [6.07, 6.45) is -2.41. The Morgan fingerprint density at radius 2 is 2.00 bits per heavy atom. The number of alkyl halides is 3. The van der Waals surface area contributed by atoms with Crippen molar-refractivity contribution in [3.63, 3.8) is 0 Å². The van der Waals surface area contributed by atoms with Crippen LogP contribution in [-0.2, 0) is 0 Å². The molecule has 19 heavy (non-hydrogen) atoms. The molecule has 1 fully saturated rings. The van der Waals surface area contributed by atoms with Crippen molar-refractivity contribution in [1.82, 2.24) is 9.97 Å². The zero-order valence-electron chi connectivity index (χ0n) is 10.8. The SMILES string of the molecule is CCNc1nc(C2CC2)nc(OCC(F)(F)F)c1C. The molecule has 4 nitrogen and oxygen atoms in total. The van der Waals surface area contributed by atoms with Gasteiger partial charge in [0.1, 0.15) is 11.6 Å². The molecule has 7 heteroatoms. The highest BCUT2D eigenvalue weighted by Gasteiger charge is 2.31. The van der Waals surface area contributed by atoms with Gasteiger partial charge in [-0.25, -0.2) is 4.98 Å². The minimum atomic E-state index is -4.37. The first kappa shape index (κ1) is 13.9. The number of hydrogen-bond acceptors (Lipinski definition) is 4. The van der Waals surface area contributed by atoms with Gasteiger partial charge in [0.2, 0.25) is 5.88 Å². The summed E-state index contributed by atoms with van der Waals surface area (Å²) in [5, 5.41) is 3.02. The zero-order chi connectivity index (χ0) is 14.0. The number of anilines is 1.